The van der Waals surface area contributed by atoms with Crippen LogP contribution >= 0.6 is 0 Å². The van der Waals surface area contributed by atoms with E-state index >= 15 is 0 Å². The molecule has 3 aromatic carbocycles. The molecular weight excluding hydrogens is 550 g/mol. The molecule has 0 unspecified atom stereocenters. The average Bonchev–Trinajstić information content (AvgIpc) is 3.01. The van der Waals surface area contributed by atoms with E-state index in [1.807, 2.05) is 24.3 Å². The van der Waals surface area contributed by atoms with Gasteiger partial charge in [-0.25, -0.2) is 9.59 Å². The number of unbranched alkanes of at least 4 members (excludes halogenated alkanes) is 6. The zero-order valence-electron chi connectivity index (χ0n) is 24.6. The Morgan fingerprint density at radius 3 is 1.93 bits per heavy atom. The Bertz CT molecular complexity index is 1370. The van der Waals surface area contributed by atoms with Crippen LogP contribution in [0.1, 0.15) is 75.1 Å². The van der Waals surface area contributed by atoms with Crippen LogP contribution in [-0.2, 0) is 4.79 Å². The zero-order valence-corrected chi connectivity index (χ0v) is 24.6. The number of ether oxygens (including phenoxy) is 3. The highest BCUT2D eigenvalue weighted by atomic mass is 16.6. The second kappa shape index (κ2) is 17.3. The van der Waals surface area contributed by atoms with E-state index in [0.717, 1.165) is 49.8 Å². The fourth-order valence-electron chi connectivity index (χ4n) is 4.33. The highest BCUT2D eigenvalue weighted by Crippen LogP contribution is 2.33. The first-order valence-corrected chi connectivity index (χ1v) is 14.7. The van der Waals surface area contributed by atoms with Crippen LogP contribution in [0.25, 0.3) is 11.1 Å². The third kappa shape index (κ3) is 10.9. The number of hydrogen-bond acceptors (Lipinski definition) is 7. The maximum atomic E-state index is 12.7. The molecule has 9 heteroatoms. The summed E-state index contributed by atoms with van der Waals surface area (Å²) >= 11 is 0. The minimum absolute atomic E-state index is 0.141. The summed E-state index contributed by atoms with van der Waals surface area (Å²) in [6.07, 6.45) is 8.32. The quantitative estimate of drug-likeness (QED) is 0.0369. The van der Waals surface area contributed by atoms with E-state index in [4.69, 9.17) is 19.3 Å². The fourth-order valence-corrected chi connectivity index (χ4v) is 4.33. The first-order chi connectivity index (χ1) is 20.8. The second-order valence-corrected chi connectivity index (χ2v) is 10.2. The summed E-state index contributed by atoms with van der Waals surface area (Å²) in [6.45, 7) is 6.82. The molecule has 43 heavy (non-hydrogen) atoms. The number of carbonyl (C=O) groups is 2. The second-order valence-electron chi connectivity index (χ2n) is 10.2. The minimum atomic E-state index is -0.956. The van der Waals surface area contributed by atoms with Crippen molar-refractivity contribution in [1.29, 1.82) is 0 Å². The van der Waals surface area contributed by atoms with E-state index in [2.05, 4.69) is 13.5 Å². The lowest BCUT2D eigenvalue weighted by Crippen LogP contribution is -2.10. The van der Waals surface area contributed by atoms with Crippen molar-refractivity contribution < 1.29 is 33.8 Å². The molecule has 0 heterocycles. The van der Waals surface area contributed by atoms with E-state index in [-0.39, 0.29) is 22.6 Å². The number of carboxylic acids is 1. The molecule has 0 aliphatic heterocycles. The molecule has 0 saturated heterocycles. The number of nitro benzene ring substituents is 1. The molecule has 1 N–H and O–H groups in total. The molecule has 0 aliphatic rings. The highest BCUT2D eigenvalue weighted by Gasteiger charge is 2.20. The first kappa shape index (κ1) is 32.8. The fraction of sp³-hybridized carbons (Fsp3) is 0.353. The van der Waals surface area contributed by atoms with Crippen molar-refractivity contribution in [3.63, 3.8) is 0 Å². The number of carbonyl (C=O) groups excluding carboxylic acids is 1. The lowest BCUT2D eigenvalue weighted by Gasteiger charge is -2.10. The summed E-state index contributed by atoms with van der Waals surface area (Å²) < 4.78 is 16.9. The Morgan fingerprint density at radius 2 is 1.35 bits per heavy atom. The Kier molecular flexibility index (Phi) is 13.2. The van der Waals surface area contributed by atoms with Crippen LogP contribution in [0.3, 0.4) is 0 Å². The number of aliphatic carboxylic acids is 1. The molecule has 0 spiro atoms. The van der Waals surface area contributed by atoms with Crippen LogP contribution in [0.5, 0.6) is 17.2 Å². The molecule has 0 amide bonds. The van der Waals surface area contributed by atoms with Crippen LogP contribution in [-0.4, -0.2) is 35.2 Å². The van der Waals surface area contributed by atoms with E-state index in [1.54, 1.807) is 30.3 Å². The van der Waals surface area contributed by atoms with Crippen LogP contribution in [0.2, 0.25) is 0 Å². The molecule has 0 radical (unpaired) electrons. The van der Waals surface area contributed by atoms with Gasteiger partial charge in [0.15, 0.2) is 0 Å². The third-order valence-electron chi connectivity index (χ3n) is 6.85. The SMILES string of the molecule is C=C(CCCCCCOc1ccc(C(=O)Oc2ccc(-c3ccc(OCCCCCC)cc3)cc2[N+](=O)[O-])cc1)C(=O)O. The lowest BCUT2D eigenvalue weighted by molar-refractivity contribution is -0.385. The Hall–Kier alpha value is -4.66. The zero-order chi connectivity index (χ0) is 31.0. The van der Waals surface area contributed by atoms with Crippen molar-refractivity contribution in [3.05, 3.63) is 94.6 Å². The molecule has 0 aliphatic carbocycles. The van der Waals surface area contributed by atoms with Crippen LogP contribution in [0.4, 0.5) is 5.69 Å². The van der Waals surface area contributed by atoms with Crippen molar-refractivity contribution in [2.45, 2.75) is 64.7 Å². The molecule has 0 saturated carbocycles. The standard InChI is InChI=1S/C34H39NO8/c1-3-4-5-9-22-41-29-17-12-26(13-18-29)28-16-21-32(31(24-28)35(39)40)43-34(38)27-14-19-30(20-15-27)42-23-10-7-6-8-11-25(2)33(36)37/h12-21,24H,2-11,22-23H2,1H3,(H,36,37). The molecular formula is C34H39NO8. The van der Waals surface area contributed by atoms with Crippen LogP contribution in [0, 0.1) is 10.1 Å². The number of benzene rings is 3. The molecule has 228 valence electrons. The van der Waals surface area contributed by atoms with Gasteiger partial charge < -0.3 is 19.3 Å². The lowest BCUT2D eigenvalue weighted by atomic mass is 10.0. The minimum Gasteiger partial charge on any atom is -0.494 e. The molecule has 0 bridgehead atoms. The summed E-state index contributed by atoms with van der Waals surface area (Å²) in [5.41, 5.74) is 1.54. The van der Waals surface area contributed by atoms with Crippen molar-refractivity contribution in [3.8, 4) is 28.4 Å². The van der Waals surface area contributed by atoms with Gasteiger partial charge in [0.1, 0.15) is 11.5 Å². The smallest absolute Gasteiger partial charge is 0.343 e. The van der Waals surface area contributed by atoms with Gasteiger partial charge in [-0.1, -0.05) is 63.8 Å². The number of hydrogen-bond donors (Lipinski definition) is 1. The number of nitrogens with zero attached hydrogens (tertiary/aromatic N) is 1. The normalized spacial score (nSPS) is 10.6. The number of carboxylic acid groups (broad SMARTS) is 1. The van der Waals surface area contributed by atoms with Crippen molar-refractivity contribution >= 4 is 17.6 Å². The summed E-state index contributed by atoms with van der Waals surface area (Å²) in [7, 11) is 0. The van der Waals surface area contributed by atoms with Crippen molar-refractivity contribution in [2.75, 3.05) is 13.2 Å². The number of nitro groups is 1. The van der Waals surface area contributed by atoms with Crippen LogP contribution in [0.15, 0.2) is 78.9 Å². The molecule has 3 rings (SSSR count). The molecule has 0 fully saturated rings. The first-order valence-electron chi connectivity index (χ1n) is 14.7. The predicted molar refractivity (Wildman–Crippen MR) is 165 cm³/mol. The summed E-state index contributed by atoms with van der Waals surface area (Å²) in [4.78, 5) is 34.7. The van der Waals surface area contributed by atoms with Gasteiger partial charge >= 0.3 is 17.6 Å². The van der Waals surface area contributed by atoms with Gasteiger partial charge in [-0.15, -0.1) is 0 Å². The summed E-state index contributed by atoms with van der Waals surface area (Å²) in [5.74, 6) is -0.487. The largest absolute Gasteiger partial charge is 0.494 e. The summed E-state index contributed by atoms with van der Waals surface area (Å²) in [6, 6.07) is 18.2. The van der Waals surface area contributed by atoms with Gasteiger partial charge in [0, 0.05) is 11.6 Å². The van der Waals surface area contributed by atoms with Crippen molar-refractivity contribution in [2.24, 2.45) is 0 Å². The number of rotatable bonds is 19. The molecule has 3 aromatic rings. The van der Waals surface area contributed by atoms with Gasteiger partial charge in [-0.3, -0.25) is 10.1 Å². The highest BCUT2D eigenvalue weighted by molar-refractivity contribution is 5.92. The van der Waals surface area contributed by atoms with E-state index in [9.17, 15) is 19.7 Å². The summed E-state index contributed by atoms with van der Waals surface area (Å²) in [5, 5.41) is 20.6. The van der Waals surface area contributed by atoms with Gasteiger partial charge in [-0.2, -0.15) is 0 Å². The molecule has 0 aromatic heterocycles. The van der Waals surface area contributed by atoms with E-state index in [1.165, 1.54) is 25.0 Å². The predicted octanol–water partition coefficient (Wildman–Crippen LogP) is 8.41. The van der Waals surface area contributed by atoms with E-state index < -0.39 is 16.9 Å². The number of esters is 1. The van der Waals surface area contributed by atoms with Gasteiger partial charge in [0.05, 0.1) is 23.7 Å². The van der Waals surface area contributed by atoms with Gasteiger partial charge in [0.2, 0.25) is 5.75 Å². The molecule has 9 nitrogen and oxygen atoms in total. The maximum absolute atomic E-state index is 12.7. The van der Waals surface area contributed by atoms with Crippen molar-refractivity contribution in [1.82, 2.24) is 0 Å². The monoisotopic (exact) mass is 589 g/mol. The third-order valence-corrected chi connectivity index (χ3v) is 6.85. The van der Waals surface area contributed by atoms with E-state index in [0.29, 0.717) is 30.9 Å². The Morgan fingerprint density at radius 1 is 0.791 bits per heavy atom. The van der Waals surface area contributed by atoms with Gasteiger partial charge in [0.25, 0.3) is 0 Å². The van der Waals surface area contributed by atoms with Gasteiger partial charge in [-0.05, 0) is 79.3 Å². The topological polar surface area (TPSA) is 125 Å². The molecule has 0 atom stereocenters. The Labute approximate surface area is 252 Å². The maximum Gasteiger partial charge on any atom is 0.343 e. The van der Waals surface area contributed by atoms with Crippen LogP contribution < -0.4 is 14.2 Å². The Balaban J connectivity index is 1.51. The average molecular weight is 590 g/mol.